The molecule has 0 spiro atoms. The summed E-state index contributed by atoms with van der Waals surface area (Å²) in [7, 11) is 5.36. The Bertz CT molecular complexity index is 357. The lowest BCUT2D eigenvalue weighted by molar-refractivity contribution is 0.206. The molecule has 1 unspecified atom stereocenters. The zero-order valence-corrected chi connectivity index (χ0v) is 11.0. The summed E-state index contributed by atoms with van der Waals surface area (Å²) in [6.45, 7) is 3.27. The van der Waals surface area contributed by atoms with Crippen LogP contribution in [0.1, 0.15) is 18.5 Å². The van der Waals surface area contributed by atoms with Crippen LogP contribution in [-0.2, 0) is 4.74 Å². The summed E-state index contributed by atoms with van der Waals surface area (Å²) in [4.78, 5) is 1.85. The van der Waals surface area contributed by atoms with Gasteiger partial charge in [0.2, 0.25) is 0 Å². The van der Waals surface area contributed by atoms with E-state index in [1.807, 2.05) is 38.1 Å². The van der Waals surface area contributed by atoms with Gasteiger partial charge in [0, 0.05) is 26.7 Å². The molecular weight excluding hydrogens is 219 g/mol. The lowest BCUT2D eigenvalue weighted by Crippen LogP contribution is -2.23. The normalized spacial score (nSPS) is 12.5. The maximum atomic E-state index is 13.9. The first-order chi connectivity index (χ1) is 8.10. The van der Waals surface area contributed by atoms with E-state index < -0.39 is 0 Å². The van der Waals surface area contributed by atoms with E-state index in [9.17, 15) is 4.39 Å². The zero-order valence-electron chi connectivity index (χ0n) is 11.0. The van der Waals surface area contributed by atoms with E-state index >= 15 is 0 Å². The number of likely N-dealkylation sites (N-methyl/N-ethyl adjacent to an activating group) is 1. The number of benzene rings is 1. The number of nitrogens with one attached hydrogen (secondary N) is 1. The van der Waals surface area contributed by atoms with Gasteiger partial charge in [0.05, 0.1) is 12.3 Å². The number of methoxy groups -OCH3 is 1. The van der Waals surface area contributed by atoms with Crippen molar-refractivity contribution in [3.05, 3.63) is 29.6 Å². The molecule has 0 heterocycles. The summed E-state index contributed by atoms with van der Waals surface area (Å²) < 4.78 is 18.9. The van der Waals surface area contributed by atoms with E-state index in [0.717, 1.165) is 5.56 Å². The van der Waals surface area contributed by atoms with Crippen LogP contribution in [0, 0.1) is 5.82 Å². The second-order valence-corrected chi connectivity index (χ2v) is 4.14. The van der Waals surface area contributed by atoms with Crippen molar-refractivity contribution in [2.24, 2.45) is 0 Å². The molecule has 0 aromatic heterocycles. The second-order valence-electron chi connectivity index (χ2n) is 4.14. The van der Waals surface area contributed by atoms with Crippen LogP contribution in [0.15, 0.2) is 18.2 Å². The maximum Gasteiger partial charge on any atom is 0.146 e. The molecule has 1 aromatic rings. The van der Waals surface area contributed by atoms with Crippen molar-refractivity contribution < 1.29 is 9.13 Å². The van der Waals surface area contributed by atoms with Gasteiger partial charge in [-0.15, -0.1) is 0 Å². The summed E-state index contributed by atoms with van der Waals surface area (Å²) in [5.41, 5.74) is 1.56. The molecule has 3 nitrogen and oxygen atoms in total. The highest BCUT2D eigenvalue weighted by atomic mass is 19.1. The summed E-state index contributed by atoms with van der Waals surface area (Å²) in [5.74, 6) is -0.191. The maximum absolute atomic E-state index is 13.9. The third kappa shape index (κ3) is 3.68. The summed E-state index contributed by atoms with van der Waals surface area (Å²) in [6.07, 6.45) is 0. The largest absolute Gasteiger partial charge is 0.383 e. The lowest BCUT2D eigenvalue weighted by atomic mass is 10.1. The molecule has 1 rings (SSSR count). The van der Waals surface area contributed by atoms with Gasteiger partial charge < -0.3 is 15.0 Å². The quantitative estimate of drug-likeness (QED) is 0.825. The number of nitrogens with zero attached hydrogens (tertiary/aromatic N) is 1. The topological polar surface area (TPSA) is 24.5 Å². The van der Waals surface area contributed by atoms with Crippen LogP contribution in [0.25, 0.3) is 0 Å². The number of halogens is 1. The predicted molar refractivity (Wildman–Crippen MR) is 69.0 cm³/mol. The van der Waals surface area contributed by atoms with Crippen molar-refractivity contribution in [3.8, 4) is 0 Å². The van der Waals surface area contributed by atoms with Crippen LogP contribution in [0.5, 0.6) is 0 Å². The molecule has 0 amide bonds. The Kier molecular flexibility index (Phi) is 5.38. The fourth-order valence-electron chi connectivity index (χ4n) is 1.62. The molecule has 0 aliphatic rings. The average molecular weight is 240 g/mol. The Morgan fingerprint density at radius 3 is 2.71 bits per heavy atom. The first-order valence-corrected chi connectivity index (χ1v) is 5.77. The van der Waals surface area contributed by atoms with Crippen LogP contribution in [-0.4, -0.2) is 34.4 Å². The van der Waals surface area contributed by atoms with Crippen LogP contribution >= 0.6 is 0 Å². The first kappa shape index (κ1) is 13.9. The molecule has 0 fully saturated rings. The molecule has 0 aliphatic carbocycles. The standard InChI is InChI=1S/C13H21FN2O/c1-10(15-2)11-5-6-13(12(14)9-11)16(3)7-8-17-4/h5-6,9-10,15H,7-8H2,1-4H3. The van der Waals surface area contributed by atoms with Crippen molar-refractivity contribution in [1.29, 1.82) is 0 Å². The molecule has 0 aliphatic heterocycles. The van der Waals surface area contributed by atoms with Crippen molar-refractivity contribution in [3.63, 3.8) is 0 Å². The fraction of sp³-hybridized carbons (Fsp3) is 0.538. The SMILES string of the molecule is CNC(C)c1ccc(N(C)CCOC)c(F)c1. The number of rotatable bonds is 6. The van der Waals surface area contributed by atoms with Gasteiger partial charge in [0.15, 0.2) is 0 Å². The van der Waals surface area contributed by atoms with Crippen LogP contribution in [0.4, 0.5) is 10.1 Å². The Morgan fingerprint density at radius 1 is 1.47 bits per heavy atom. The monoisotopic (exact) mass is 240 g/mol. The van der Waals surface area contributed by atoms with Crippen molar-refractivity contribution in [1.82, 2.24) is 5.32 Å². The smallest absolute Gasteiger partial charge is 0.146 e. The Balaban J connectivity index is 2.82. The molecule has 0 bridgehead atoms. The van der Waals surface area contributed by atoms with E-state index in [0.29, 0.717) is 18.8 Å². The van der Waals surface area contributed by atoms with Crippen molar-refractivity contribution >= 4 is 5.69 Å². The highest BCUT2D eigenvalue weighted by Crippen LogP contribution is 2.22. The molecule has 1 aromatic carbocycles. The van der Waals surface area contributed by atoms with E-state index in [1.165, 1.54) is 0 Å². The Hall–Kier alpha value is -1.13. The Labute approximate surface area is 103 Å². The van der Waals surface area contributed by atoms with Crippen molar-refractivity contribution in [2.45, 2.75) is 13.0 Å². The van der Waals surface area contributed by atoms with E-state index in [2.05, 4.69) is 5.32 Å². The molecule has 0 radical (unpaired) electrons. The molecule has 0 saturated heterocycles. The highest BCUT2D eigenvalue weighted by molar-refractivity contribution is 5.48. The Morgan fingerprint density at radius 2 is 2.18 bits per heavy atom. The lowest BCUT2D eigenvalue weighted by Gasteiger charge is -2.20. The van der Waals surface area contributed by atoms with E-state index in [1.54, 1.807) is 13.2 Å². The van der Waals surface area contributed by atoms with Gasteiger partial charge in [-0.05, 0) is 31.7 Å². The van der Waals surface area contributed by atoms with Crippen LogP contribution in [0.2, 0.25) is 0 Å². The molecule has 4 heteroatoms. The van der Waals surface area contributed by atoms with Gasteiger partial charge in [-0.3, -0.25) is 0 Å². The third-order valence-corrected chi connectivity index (χ3v) is 2.95. The molecule has 1 N–H and O–H groups in total. The van der Waals surface area contributed by atoms with Gasteiger partial charge >= 0.3 is 0 Å². The number of anilines is 1. The number of hydrogen-bond acceptors (Lipinski definition) is 3. The number of hydrogen-bond donors (Lipinski definition) is 1. The minimum Gasteiger partial charge on any atom is -0.383 e. The molecular formula is C13H21FN2O. The van der Waals surface area contributed by atoms with E-state index in [-0.39, 0.29) is 11.9 Å². The van der Waals surface area contributed by atoms with Crippen LogP contribution in [0.3, 0.4) is 0 Å². The molecule has 96 valence electrons. The van der Waals surface area contributed by atoms with Gasteiger partial charge in [-0.2, -0.15) is 0 Å². The minimum absolute atomic E-state index is 0.155. The zero-order chi connectivity index (χ0) is 12.8. The first-order valence-electron chi connectivity index (χ1n) is 5.77. The number of ether oxygens (including phenoxy) is 1. The van der Waals surface area contributed by atoms with E-state index in [4.69, 9.17) is 4.74 Å². The third-order valence-electron chi connectivity index (χ3n) is 2.95. The summed E-state index contributed by atoms with van der Waals surface area (Å²) in [6, 6.07) is 5.50. The van der Waals surface area contributed by atoms with Crippen molar-refractivity contribution in [2.75, 3.05) is 39.3 Å². The van der Waals surface area contributed by atoms with Gasteiger partial charge in [-0.1, -0.05) is 6.07 Å². The predicted octanol–water partition coefficient (Wildman–Crippen LogP) is 2.19. The summed E-state index contributed by atoms with van der Waals surface area (Å²) in [5, 5.41) is 3.09. The molecule has 0 saturated carbocycles. The van der Waals surface area contributed by atoms with Gasteiger partial charge in [0.25, 0.3) is 0 Å². The van der Waals surface area contributed by atoms with Gasteiger partial charge in [-0.25, -0.2) is 4.39 Å². The molecule has 17 heavy (non-hydrogen) atoms. The average Bonchev–Trinajstić information content (AvgIpc) is 2.34. The highest BCUT2D eigenvalue weighted by Gasteiger charge is 2.10. The van der Waals surface area contributed by atoms with Crippen LogP contribution < -0.4 is 10.2 Å². The second kappa shape index (κ2) is 6.57. The molecule has 1 atom stereocenters. The fourth-order valence-corrected chi connectivity index (χ4v) is 1.62. The minimum atomic E-state index is -0.191. The summed E-state index contributed by atoms with van der Waals surface area (Å²) >= 11 is 0. The van der Waals surface area contributed by atoms with Gasteiger partial charge in [0.1, 0.15) is 5.82 Å².